The van der Waals surface area contributed by atoms with Crippen LogP contribution in [0.2, 0.25) is 0 Å². The third-order valence-corrected chi connectivity index (χ3v) is 2.30. The van der Waals surface area contributed by atoms with Crippen LogP contribution < -0.4 is 0 Å². The van der Waals surface area contributed by atoms with Gasteiger partial charge >= 0.3 is 0 Å². The van der Waals surface area contributed by atoms with Crippen molar-refractivity contribution in [1.29, 1.82) is 0 Å². The van der Waals surface area contributed by atoms with Crippen LogP contribution in [0.25, 0.3) is 0 Å². The van der Waals surface area contributed by atoms with E-state index in [9.17, 15) is 15.3 Å². The Morgan fingerprint density at radius 1 is 1.29 bits per heavy atom. The molecule has 0 aromatic rings. The maximum Gasteiger partial charge on any atom is 0.224 e. The average Bonchev–Trinajstić information content (AvgIpc) is 2.42. The number of hydrogen-bond donors (Lipinski definition) is 6. The number of aliphatic hydroxyl groups excluding tert-OH is 5. The average molecular weight is 210 g/mol. The molecule has 1 aliphatic heterocycles. The van der Waals surface area contributed by atoms with Crippen LogP contribution in [0.15, 0.2) is 0 Å². The summed E-state index contributed by atoms with van der Waals surface area (Å²) < 4.78 is 4.67. The van der Waals surface area contributed by atoms with Crippen molar-refractivity contribution >= 4 is 0 Å². The number of hydrogen-bond acceptors (Lipinski definition) is 7. The Morgan fingerprint density at radius 2 is 1.86 bits per heavy atom. The molecule has 84 valence electrons. The molecule has 1 saturated heterocycles. The molecule has 1 rings (SSSR count). The molecule has 0 aliphatic carbocycles. The van der Waals surface area contributed by atoms with Gasteiger partial charge in [-0.05, 0) is 0 Å². The van der Waals surface area contributed by atoms with Crippen LogP contribution in [0.3, 0.4) is 0 Å². The molecular weight excluding hydrogens is 196 g/mol. The van der Waals surface area contributed by atoms with E-state index >= 15 is 0 Å². The first-order chi connectivity index (χ1) is 6.47. The maximum absolute atomic E-state index is 9.55. The van der Waals surface area contributed by atoms with Crippen LogP contribution in [0.4, 0.5) is 0 Å². The standard InChI is InChI=1S/C7H14O7/c8-1-3-5(11)6(12)7(13,14-3)4(10)2-9/h3-6,8-13H,1-2H2/t3-,4-,5-,6-,7+/m1/s1. The van der Waals surface area contributed by atoms with Gasteiger partial charge in [-0.2, -0.15) is 0 Å². The van der Waals surface area contributed by atoms with E-state index in [2.05, 4.69) is 4.74 Å². The van der Waals surface area contributed by atoms with Crippen molar-refractivity contribution in [3.05, 3.63) is 0 Å². The van der Waals surface area contributed by atoms with Crippen LogP contribution in [0.1, 0.15) is 0 Å². The third kappa shape index (κ3) is 1.63. The van der Waals surface area contributed by atoms with Crippen molar-refractivity contribution in [1.82, 2.24) is 0 Å². The Balaban J connectivity index is 2.81. The molecule has 14 heavy (non-hydrogen) atoms. The summed E-state index contributed by atoms with van der Waals surface area (Å²) >= 11 is 0. The smallest absolute Gasteiger partial charge is 0.224 e. The lowest BCUT2D eigenvalue weighted by Gasteiger charge is -2.29. The molecule has 0 radical (unpaired) electrons. The lowest BCUT2D eigenvalue weighted by Crippen LogP contribution is -2.53. The Morgan fingerprint density at radius 3 is 2.21 bits per heavy atom. The van der Waals surface area contributed by atoms with Gasteiger partial charge in [-0.3, -0.25) is 0 Å². The molecule has 7 nitrogen and oxygen atoms in total. The van der Waals surface area contributed by atoms with E-state index in [1.54, 1.807) is 0 Å². The van der Waals surface area contributed by atoms with Crippen molar-refractivity contribution in [3.8, 4) is 0 Å². The third-order valence-electron chi connectivity index (χ3n) is 2.30. The predicted molar refractivity (Wildman–Crippen MR) is 42.0 cm³/mol. The van der Waals surface area contributed by atoms with E-state index in [4.69, 9.17) is 15.3 Å². The molecule has 0 spiro atoms. The van der Waals surface area contributed by atoms with Crippen LogP contribution in [-0.4, -0.2) is 74.1 Å². The summed E-state index contributed by atoms with van der Waals surface area (Å²) in [5, 5.41) is 54.5. The van der Waals surface area contributed by atoms with Gasteiger partial charge in [0, 0.05) is 0 Å². The van der Waals surface area contributed by atoms with Gasteiger partial charge in [0.15, 0.2) is 0 Å². The molecule has 0 amide bonds. The Bertz CT molecular complexity index is 196. The fourth-order valence-corrected chi connectivity index (χ4v) is 1.38. The van der Waals surface area contributed by atoms with E-state index in [1.165, 1.54) is 0 Å². The first-order valence-corrected chi connectivity index (χ1v) is 4.13. The second kappa shape index (κ2) is 4.07. The molecule has 5 atom stereocenters. The number of aliphatic hydroxyl groups is 6. The SMILES string of the molecule is OC[C@@H](O)[C@]1(O)O[C@H](CO)[C@@H](O)[C@H]1O. The summed E-state index contributed by atoms with van der Waals surface area (Å²) in [4.78, 5) is 0. The fourth-order valence-electron chi connectivity index (χ4n) is 1.38. The molecule has 0 saturated carbocycles. The van der Waals surface area contributed by atoms with Crippen molar-refractivity contribution in [3.63, 3.8) is 0 Å². The van der Waals surface area contributed by atoms with Crippen LogP contribution >= 0.6 is 0 Å². The van der Waals surface area contributed by atoms with E-state index in [1.807, 2.05) is 0 Å². The highest BCUT2D eigenvalue weighted by Crippen LogP contribution is 2.31. The largest absolute Gasteiger partial charge is 0.394 e. The van der Waals surface area contributed by atoms with Crippen LogP contribution in [0, 0.1) is 0 Å². The second-order valence-electron chi connectivity index (χ2n) is 3.22. The minimum Gasteiger partial charge on any atom is -0.394 e. The van der Waals surface area contributed by atoms with E-state index < -0.39 is 43.4 Å². The lowest BCUT2D eigenvalue weighted by atomic mass is 10.0. The van der Waals surface area contributed by atoms with Crippen molar-refractivity contribution in [2.45, 2.75) is 30.2 Å². The quantitative estimate of drug-likeness (QED) is 0.281. The molecule has 1 heterocycles. The first-order valence-electron chi connectivity index (χ1n) is 4.13. The minimum absolute atomic E-state index is 0.612. The van der Waals surface area contributed by atoms with Crippen molar-refractivity contribution < 1.29 is 35.4 Å². The number of ether oxygens (including phenoxy) is 1. The van der Waals surface area contributed by atoms with E-state index in [-0.39, 0.29) is 0 Å². The second-order valence-corrected chi connectivity index (χ2v) is 3.22. The zero-order chi connectivity index (χ0) is 10.9. The zero-order valence-corrected chi connectivity index (χ0v) is 7.32. The van der Waals surface area contributed by atoms with Gasteiger partial charge in [0.2, 0.25) is 5.79 Å². The Hall–Kier alpha value is -0.280. The minimum atomic E-state index is -2.44. The van der Waals surface area contributed by atoms with Gasteiger partial charge in [0.05, 0.1) is 13.2 Å². The Kier molecular flexibility index (Phi) is 3.43. The molecular formula is C7H14O7. The molecule has 1 fully saturated rings. The van der Waals surface area contributed by atoms with E-state index in [0.717, 1.165) is 0 Å². The van der Waals surface area contributed by atoms with Gasteiger partial charge in [-0.1, -0.05) is 0 Å². The molecule has 0 bridgehead atoms. The summed E-state index contributed by atoms with van der Waals surface area (Å²) in [5.74, 6) is -2.44. The summed E-state index contributed by atoms with van der Waals surface area (Å²) in [5.41, 5.74) is 0. The zero-order valence-electron chi connectivity index (χ0n) is 7.32. The summed E-state index contributed by atoms with van der Waals surface area (Å²) in [6, 6.07) is 0. The van der Waals surface area contributed by atoms with Gasteiger partial charge < -0.3 is 35.4 Å². The molecule has 6 N–H and O–H groups in total. The maximum atomic E-state index is 9.55. The first kappa shape index (κ1) is 11.8. The normalized spacial score (nSPS) is 45.4. The monoisotopic (exact) mass is 210 g/mol. The van der Waals surface area contributed by atoms with E-state index in [0.29, 0.717) is 0 Å². The van der Waals surface area contributed by atoms with Crippen molar-refractivity contribution in [2.75, 3.05) is 13.2 Å². The fraction of sp³-hybridized carbons (Fsp3) is 1.00. The molecule has 1 aliphatic rings. The lowest BCUT2D eigenvalue weighted by molar-refractivity contribution is -0.283. The predicted octanol–water partition coefficient (Wildman–Crippen LogP) is -3.86. The molecule has 0 unspecified atom stereocenters. The van der Waals surface area contributed by atoms with Crippen LogP contribution in [0.5, 0.6) is 0 Å². The van der Waals surface area contributed by atoms with Gasteiger partial charge in [-0.15, -0.1) is 0 Å². The van der Waals surface area contributed by atoms with Crippen LogP contribution in [-0.2, 0) is 4.74 Å². The summed E-state index contributed by atoms with van der Waals surface area (Å²) in [6.07, 6.45) is -6.21. The highest BCUT2D eigenvalue weighted by molar-refractivity contribution is 4.98. The molecule has 0 aromatic carbocycles. The molecule has 0 aromatic heterocycles. The van der Waals surface area contributed by atoms with Gasteiger partial charge in [0.25, 0.3) is 0 Å². The Labute approximate surface area is 79.8 Å². The highest BCUT2D eigenvalue weighted by atomic mass is 16.7. The molecule has 7 heteroatoms. The highest BCUT2D eigenvalue weighted by Gasteiger charge is 2.56. The topological polar surface area (TPSA) is 131 Å². The number of rotatable bonds is 3. The van der Waals surface area contributed by atoms with Gasteiger partial charge in [0.1, 0.15) is 24.4 Å². The van der Waals surface area contributed by atoms with Crippen molar-refractivity contribution in [2.24, 2.45) is 0 Å². The summed E-state index contributed by atoms with van der Waals surface area (Å²) in [7, 11) is 0. The van der Waals surface area contributed by atoms with Gasteiger partial charge in [-0.25, -0.2) is 0 Å². The summed E-state index contributed by atoms with van der Waals surface area (Å²) in [6.45, 7) is -1.45.